The molecule has 0 amide bonds. The van der Waals surface area contributed by atoms with E-state index in [1.165, 1.54) is 37.2 Å². The normalized spacial score (nSPS) is 18.2. The van der Waals surface area contributed by atoms with Crippen LogP contribution in [-0.2, 0) is 6.42 Å². The highest BCUT2D eigenvalue weighted by atomic mass is 15.1. The van der Waals surface area contributed by atoms with Gasteiger partial charge < -0.3 is 10.2 Å². The fraction of sp³-hybridized carbons (Fsp3) is 0.600. The Morgan fingerprint density at radius 3 is 2.76 bits per heavy atom. The molecule has 2 heteroatoms. The molecule has 2 rings (SSSR count). The summed E-state index contributed by atoms with van der Waals surface area (Å²) < 4.78 is 0. The molecule has 1 aromatic carbocycles. The molecule has 1 heterocycles. The van der Waals surface area contributed by atoms with E-state index in [0.29, 0.717) is 0 Å². The van der Waals surface area contributed by atoms with Gasteiger partial charge in [-0.05, 0) is 63.0 Å². The first-order valence-corrected chi connectivity index (χ1v) is 6.79. The maximum Gasteiger partial charge on any atom is 0.0342 e. The molecule has 1 fully saturated rings. The Morgan fingerprint density at radius 1 is 1.29 bits per heavy atom. The summed E-state index contributed by atoms with van der Waals surface area (Å²) in [6.45, 7) is 5.83. The van der Waals surface area contributed by atoms with E-state index in [-0.39, 0.29) is 0 Å². The van der Waals surface area contributed by atoms with E-state index < -0.39 is 0 Å². The maximum absolute atomic E-state index is 3.59. The molecule has 0 bridgehead atoms. The van der Waals surface area contributed by atoms with Gasteiger partial charge in [-0.25, -0.2) is 0 Å². The van der Waals surface area contributed by atoms with Crippen molar-refractivity contribution in [2.75, 3.05) is 32.0 Å². The summed E-state index contributed by atoms with van der Waals surface area (Å²) in [5.74, 6) is 0.844. The average Bonchev–Trinajstić information content (AvgIpc) is 2.38. The minimum atomic E-state index is 0.844. The summed E-state index contributed by atoms with van der Waals surface area (Å²) in [5.41, 5.74) is 2.70. The summed E-state index contributed by atoms with van der Waals surface area (Å²) in [5, 5.41) is 3.59. The second-order valence-electron chi connectivity index (χ2n) is 5.18. The quantitative estimate of drug-likeness (QED) is 0.858. The van der Waals surface area contributed by atoms with Crippen molar-refractivity contribution >= 4 is 5.69 Å². The van der Waals surface area contributed by atoms with Crippen molar-refractivity contribution in [3.05, 3.63) is 29.8 Å². The van der Waals surface area contributed by atoms with Crippen molar-refractivity contribution in [3.8, 4) is 0 Å². The van der Waals surface area contributed by atoms with Crippen LogP contribution in [0, 0.1) is 5.92 Å². The number of likely N-dealkylation sites (tertiary alicyclic amines) is 1. The van der Waals surface area contributed by atoms with E-state index in [1.807, 2.05) is 0 Å². The van der Waals surface area contributed by atoms with Crippen LogP contribution in [0.4, 0.5) is 5.69 Å². The standard InChI is InChI=1S/C15H24N2/c1-3-13-5-4-6-15(11-13)16-12-14-7-9-17(2)10-8-14/h4-6,11,14,16H,3,7-10,12H2,1-2H3. The van der Waals surface area contributed by atoms with Crippen LogP contribution >= 0.6 is 0 Å². The zero-order chi connectivity index (χ0) is 12.1. The van der Waals surface area contributed by atoms with E-state index in [0.717, 1.165) is 18.9 Å². The molecule has 0 radical (unpaired) electrons. The van der Waals surface area contributed by atoms with Gasteiger partial charge in [-0.2, -0.15) is 0 Å². The van der Waals surface area contributed by atoms with Crippen LogP contribution in [0.25, 0.3) is 0 Å². The molecule has 0 atom stereocenters. The Kier molecular flexibility index (Phi) is 4.43. The molecule has 2 nitrogen and oxygen atoms in total. The van der Waals surface area contributed by atoms with Crippen molar-refractivity contribution in [1.29, 1.82) is 0 Å². The van der Waals surface area contributed by atoms with Gasteiger partial charge in [0.25, 0.3) is 0 Å². The summed E-state index contributed by atoms with van der Waals surface area (Å²) in [4.78, 5) is 2.42. The van der Waals surface area contributed by atoms with Gasteiger partial charge in [0.05, 0.1) is 0 Å². The van der Waals surface area contributed by atoms with Crippen molar-refractivity contribution in [1.82, 2.24) is 4.90 Å². The smallest absolute Gasteiger partial charge is 0.0342 e. The van der Waals surface area contributed by atoms with E-state index in [2.05, 4.69) is 48.5 Å². The molecule has 0 saturated carbocycles. The summed E-state index contributed by atoms with van der Waals surface area (Å²) >= 11 is 0. The Morgan fingerprint density at radius 2 is 2.06 bits per heavy atom. The van der Waals surface area contributed by atoms with Crippen molar-refractivity contribution < 1.29 is 0 Å². The first-order valence-electron chi connectivity index (χ1n) is 6.79. The molecule has 1 saturated heterocycles. The molecule has 1 aliphatic rings. The molecular formula is C15H24N2. The Hall–Kier alpha value is -1.02. The van der Waals surface area contributed by atoms with E-state index in [4.69, 9.17) is 0 Å². The number of aryl methyl sites for hydroxylation is 1. The van der Waals surface area contributed by atoms with Crippen molar-refractivity contribution in [2.45, 2.75) is 26.2 Å². The molecule has 0 unspecified atom stereocenters. The van der Waals surface area contributed by atoms with Gasteiger partial charge in [0.1, 0.15) is 0 Å². The predicted octanol–water partition coefficient (Wildman–Crippen LogP) is 3.00. The van der Waals surface area contributed by atoms with E-state index in [9.17, 15) is 0 Å². The van der Waals surface area contributed by atoms with Crippen LogP contribution in [0.5, 0.6) is 0 Å². The number of hydrogen-bond donors (Lipinski definition) is 1. The SMILES string of the molecule is CCc1cccc(NCC2CCN(C)CC2)c1. The number of nitrogens with one attached hydrogen (secondary N) is 1. The number of anilines is 1. The number of hydrogen-bond acceptors (Lipinski definition) is 2. The van der Waals surface area contributed by atoms with Gasteiger partial charge in [0, 0.05) is 12.2 Å². The highest BCUT2D eigenvalue weighted by molar-refractivity contribution is 5.45. The summed E-state index contributed by atoms with van der Waals surface area (Å²) in [6.07, 6.45) is 3.78. The fourth-order valence-corrected chi connectivity index (χ4v) is 2.43. The van der Waals surface area contributed by atoms with Crippen LogP contribution in [0.15, 0.2) is 24.3 Å². The van der Waals surface area contributed by atoms with Crippen molar-refractivity contribution in [2.24, 2.45) is 5.92 Å². The topological polar surface area (TPSA) is 15.3 Å². The van der Waals surface area contributed by atoms with Gasteiger partial charge in [-0.3, -0.25) is 0 Å². The number of rotatable bonds is 4. The van der Waals surface area contributed by atoms with E-state index in [1.54, 1.807) is 0 Å². The minimum Gasteiger partial charge on any atom is -0.385 e. The second kappa shape index (κ2) is 6.06. The molecule has 0 aromatic heterocycles. The largest absolute Gasteiger partial charge is 0.385 e. The summed E-state index contributed by atoms with van der Waals surface area (Å²) in [7, 11) is 2.22. The molecule has 1 aromatic rings. The molecular weight excluding hydrogens is 208 g/mol. The number of benzene rings is 1. The van der Waals surface area contributed by atoms with Gasteiger partial charge in [-0.1, -0.05) is 19.1 Å². The molecule has 0 spiro atoms. The van der Waals surface area contributed by atoms with Crippen LogP contribution in [-0.4, -0.2) is 31.6 Å². The van der Waals surface area contributed by atoms with Gasteiger partial charge in [-0.15, -0.1) is 0 Å². The van der Waals surface area contributed by atoms with Crippen LogP contribution in [0.2, 0.25) is 0 Å². The highest BCUT2D eigenvalue weighted by Gasteiger charge is 2.15. The van der Waals surface area contributed by atoms with Gasteiger partial charge in [0.15, 0.2) is 0 Å². The number of nitrogens with zero attached hydrogens (tertiary/aromatic N) is 1. The Balaban J connectivity index is 1.81. The third-order valence-corrected chi connectivity index (χ3v) is 3.77. The Labute approximate surface area is 105 Å². The van der Waals surface area contributed by atoms with Crippen LogP contribution in [0.3, 0.4) is 0 Å². The maximum atomic E-state index is 3.59. The molecule has 1 aliphatic heterocycles. The fourth-order valence-electron chi connectivity index (χ4n) is 2.43. The van der Waals surface area contributed by atoms with E-state index >= 15 is 0 Å². The minimum absolute atomic E-state index is 0.844. The predicted molar refractivity (Wildman–Crippen MR) is 74.5 cm³/mol. The molecule has 94 valence electrons. The van der Waals surface area contributed by atoms with Crippen LogP contribution < -0.4 is 5.32 Å². The first-order chi connectivity index (χ1) is 8.28. The van der Waals surface area contributed by atoms with Gasteiger partial charge in [0.2, 0.25) is 0 Å². The molecule has 17 heavy (non-hydrogen) atoms. The lowest BCUT2D eigenvalue weighted by atomic mass is 9.97. The summed E-state index contributed by atoms with van der Waals surface area (Å²) in [6, 6.07) is 8.79. The molecule has 0 aliphatic carbocycles. The lowest BCUT2D eigenvalue weighted by Crippen LogP contribution is -2.32. The number of piperidine rings is 1. The van der Waals surface area contributed by atoms with Crippen molar-refractivity contribution in [3.63, 3.8) is 0 Å². The second-order valence-corrected chi connectivity index (χ2v) is 5.18. The third kappa shape index (κ3) is 3.74. The lowest BCUT2D eigenvalue weighted by Gasteiger charge is -2.29. The zero-order valence-corrected chi connectivity index (χ0v) is 11.1. The third-order valence-electron chi connectivity index (χ3n) is 3.77. The highest BCUT2D eigenvalue weighted by Crippen LogP contribution is 2.18. The van der Waals surface area contributed by atoms with Crippen LogP contribution in [0.1, 0.15) is 25.3 Å². The Bertz CT molecular complexity index is 341. The first kappa shape index (κ1) is 12.4. The zero-order valence-electron chi connectivity index (χ0n) is 11.1. The van der Waals surface area contributed by atoms with Gasteiger partial charge >= 0.3 is 0 Å². The molecule has 1 N–H and O–H groups in total. The average molecular weight is 232 g/mol. The monoisotopic (exact) mass is 232 g/mol. The lowest BCUT2D eigenvalue weighted by molar-refractivity contribution is 0.226.